The first kappa shape index (κ1) is 22.6. The highest BCUT2D eigenvalue weighted by atomic mass is 33.1. The minimum atomic E-state index is -0.944. The third kappa shape index (κ3) is 5.95. The lowest BCUT2D eigenvalue weighted by atomic mass is 9.98. The van der Waals surface area contributed by atoms with Gasteiger partial charge in [0.2, 0.25) is 0 Å². The van der Waals surface area contributed by atoms with E-state index in [2.05, 4.69) is 50.4 Å². The van der Waals surface area contributed by atoms with Crippen LogP contribution in [0.3, 0.4) is 0 Å². The van der Waals surface area contributed by atoms with E-state index in [4.69, 9.17) is 9.84 Å². The highest BCUT2D eigenvalue weighted by Crippen LogP contribution is 2.44. The second-order valence-electron chi connectivity index (χ2n) is 8.24. The summed E-state index contributed by atoms with van der Waals surface area (Å²) in [5.74, 6) is -0.467. The van der Waals surface area contributed by atoms with Crippen molar-refractivity contribution in [3.05, 3.63) is 59.7 Å². The van der Waals surface area contributed by atoms with E-state index in [9.17, 15) is 9.59 Å². The van der Waals surface area contributed by atoms with Gasteiger partial charge in [-0.1, -0.05) is 90.9 Å². The maximum absolute atomic E-state index is 12.4. The van der Waals surface area contributed by atoms with Gasteiger partial charge in [-0.15, -0.1) is 0 Å². The number of amides is 1. The van der Waals surface area contributed by atoms with Crippen LogP contribution in [0.25, 0.3) is 11.1 Å². The highest BCUT2D eigenvalue weighted by molar-refractivity contribution is 8.77. The first-order valence-electron chi connectivity index (χ1n) is 9.88. The third-order valence-corrected chi connectivity index (χ3v) is 8.08. The van der Waals surface area contributed by atoms with Crippen molar-refractivity contribution < 1.29 is 19.4 Å². The molecule has 1 atom stereocenters. The molecule has 0 unspecified atom stereocenters. The van der Waals surface area contributed by atoms with E-state index >= 15 is 0 Å². The number of carbonyl (C=O) groups is 2. The molecule has 0 spiro atoms. The first-order valence-corrected chi connectivity index (χ1v) is 12.2. The molecular weight excluding hydrogens is 418 g/mol. The van der Waals surface area contributed by atoms with Crippen LogP contribution >= 0.6 is 21.6 Å². The molecule has 0 radical (unpaired) electrons. The SMILES string of the molecule is CC(C)(C)SSC[C@@H](CC(=O)O)NC(=O)OCC1c2ccccc2-c2ccccc21. The van der Waals surface area contributed by atoms with E-state index in [0.717, 1.165) is 11.1 Å². The Morgan fingerprint density at radius 3 is 2.17 bits per heavy atom. The molecule has 0 heterocycles. The minimum Gasteiger partial charge on any atom is -0.481 e. The Labute approximate surface area is 185 Å². The number of hydrogen-bond acceptors (Lipinski definition) is 5. The first-order chi connectivity index (χ1) is 14.2. The van der Waals surface area contributed by atoms with Gasteiger partial charge in [0.1, 0.15) is 6.61 Å². The lowest BCUT2D eigenvalue weighted by molar-refractivity contribution is -0.137. The van der Waals surface area contributed by atoms with Crippen molar-refractivity contribution in [3.63, 3.8) is 0 Å². The molecule has 0 fully saturated rings. The predicted octanol–water partition coefficient (Wildman–Crippen LogP) is 5.55. The molecule has 30 heavy (non-hydrogen) atoms. The molecule has 1 amide bonds. The number of alkyl carbamates (subject to hydrolysis) is 1. The number of ether oxygens (including phenoxy) is 1. The summed E-state index contributed by atoms with van der Waals surface area (Å²) in [4.78, 5) is 23.6. The van der Waals surface area contributed by atoms with Crippen LogP contribution in [0.5, 0.6) is 0 Å². The molecule has 160 valence electrons. The zero-order chi connectivity index (χ0) is 21.7. The maximum Gasteiger partial charge on any atom is 0.407 e. The predicted molar refractivity (Wildman–Crippen MR) is 124 cm³/mol. The molecule has 0 aromatic heterocycles. The van der Waals surface area contributed by atoms with Crippen LogP contribution in [0.4, 0.5) is 4.79 Å². The highest BCUT2D eigenvalue weighted by Gasteiger charge is 2.29. The summed E-state index contributed by atoms with van der Waals surface area (Å²) in [5, 5.41) is 11.9. The standard InChI is InChI=1S/C23H27NO4S2/c1-23(2,3)30-29-14-15(12-21(25)26)24-22(27)28-13-20-18-10-6-4-8-16(18)17-9-5-7-11-19(17)20/h4-11,15,20H,12-14H2,1-3H3,(H,24,27)(H,25,26)/t15-/m1/s1. The van der Waals surface area contributed by atoms with Gasteiger partial charge in [0.25, 0.3) is 0 Å². The Morgan fingerprint density at radius 2 is 1.63 bits per heavy atom. The van der Waals surface area contributed by atoms with E-state index in [-0.39, 0.29) is 23.7 Å². The smallest absolute Gasteiger partial charge is 0.407 e. The fourth-order valence-electron chi connectivity index (χ4n) is 3.46. The normalized spacial score (nSPS) is 14.0. The number of carbonyl (C=O) groups excluding carboxylic acids is 1. The van der Waals surface area contributed by atoms with Crippen molar-refractivity contribution in [3.8, 4) is 11.1 Å². The van der Waals surface area contributed by atoms with Crippen molar-refractivity contribution in [1.82, 2.24) is 5.32 Å². The molecule has 0 saturated heterocycles. The van der Waals surface area contributed by atoms with Crippen LogP contribution in [0.1, 0.15) is 44.2 Å². The lowest BCUT2D eigenvalue weighted by Crippen LogP contribution is -2.39. The molecule has 5 nitrogen and oxygen atoms in total. The number of carboxylic acids is 1. The Morgan fingerprint density at radius 1 is 1.07 bits per heavy atom. The minimum absolute atomic E-state index is 0.0214. The molecule has 2 aromatic carbocycles. The number of aliphatic carboxylic acids is 1. The van der Waals surface area contributed by atoms with Crippen LogP contribution in [0.2, 0.25) is 0 Å². The summed E-state index contributed by atoms with van der Waals surface area (Å²) in [7, 11) is 3.23. The van der Waals surface area contributed by atoms with Crippen LogP contribution in [-0.4, -0.2) is 40.3 Å². The fourth-order valence-corrected chi connectivity index (χ4v) is 6.01. The van der Waals surface area contributed by atoms with Crippen LogP contribution in [-0.2, 0) is 9.53 Å². The Bertz CT molecular complexity index is 865. The van der Waals surface area contributed by atoms with Crippen LogP contribution < -0.4 is 5.32 Å². The van der Waals surface area contributed by atoms with E-state index < -0.39 is 18.1 Å². The number of hydrogen-bond donors (Lipinski definition) is 2. The Kier molecular flexibility index (Phi) is 7.36. The van der Waals surface area contributed by atoms with Gasteiger partial charge in [0, 0.05) is 16.4 Å². The van der Waals surface area contributed by atoms with Crippen molar-refractivity contribution in [2.45, 2.75) is 43.9 Å². The van der Waals surface area contributed by atoms with Crippen molar-refractivity contribution in [2.75, 3.05) is 12.4 Å². The number of benzene rings is 2. The zero-order valence-corrected chi connectivity index (χ0v) is 19.0. The largest absolute Gasteiger partial charge is 0.481 e. The van der Waals surface area contributed by atoms with E-state index in [1.807, 2.05) is 24.3 Å². The number of nitrogens with one attached hydrogen (secondary N) is 1. The van der Waals surface area contributed by atoms with Gasteiger partial charge in [0.15, 0.2) is 0 Å². The van der Waals surface area contributed by atoms with Gasteiger partial charge in [-0.2, -0.15) is 0 Å². The summed E-state index contributed by atoms with van der Waals surface area (Å²) in [5.41, 5.74) is 4.62. The van der Waals surface area contributed by atoms with E-state index in [1.54, 1.807) is 21.6 Å². The van der Waals surface area contributed by atoms with Crippen LogP contribution in [0.15, 0.2) is 48.5 Å². The van der Waals surface area contributed by atoms with Gasteiger partial charge in [-0.25, -0.2) is 4.79 Å². The molecule has 0 saturated carbocycles. The molecule has 3 rings (SSSR count). The third-order valence-electron chi connectivity index (χ3n) is 4.66. The maximum atomic E-state index is 12.4. The molecule has 2 aromatic rings. The molecule has 0 bridgehead atoms. The summed E-state index contributed by atoms with van der Waals surface area (Å²) in [6.45, 7) is 6.49. The van der Waals surface area contributed by atoms with Gasteiger partial charge < -0.3 is 15.2 Å². The summed E-state index contributed by atoms with van der Waals surface area (Å²) in [6, 6.07) is 15.8. The average molecular weight is 446 g/mol. The quantitative estimate of drug-likeness (QED) is 0.519. The summed E-state index contributed by atoms with van der Waals surface area (Å²) < 4.78 is 5.60. The molecule has 0 aliphatic heterocycles. The molecule has 7 heteroatoms. The Hall–Kier alpha value is -2.12. The molecule has 1 aliphatic rings. The fraction of sp³-hybridized carbons (Fsp3) is 0.391. The number of fused-ring (bicyclic) bond motifs is 3. The van der Waals surface area contributed by atoms with Gasteiger partial charge in [-0.3, -0.25) is 4.79 Å². The van der Waals surface area contributed by atoms with E-state index in [0.29, 0.717) is 5.75 Å². The second kappa shape index (κ2) is 9.79. The van der Waals surface area contributed by atoms with Gasteiger partial charge >= 0.3 is 12.1 Å². The molecular formula is C23H27NO4S2. The summed E-state index contributed by atoms with van der Waals surface area (Å²) in [6.07, 6.45) is -0.716. The van der Waals surface area contributed by atoms with Crippen molar-refractivity contribution in [2.24, 2.45) is 0 Å². The van der Waals surface area contributed by atoms with Crippen molar-refractivity contribution >= 4 is 33.7 Å². The number of rotatable bonds is 8. The van der Waals surface area contributed by atoms with Gasteiger partial charge in [-0.05, 0) is 22.3 Å². The lowest BCUT2D eigenvalue weighted by Gasteiger charge is -2.21. The van der Waals surface area contributed by atoms with Gasteiger partial charge in [0.05, 0.1) is 12.5 Å². The molecule has 2 N–H and O–H groups in total. The second-order valence-corrected chi connectivity index (χ2v) is 11.4. The topological polar surface area (TPSA) is 75.6 Å². The average Bonchev–Trinajstić information content (AvgIpc) is 2.99. The monoisotopic (exact) mass is 445 g/mol. The zero-order valence-electron chi connectivity index (χ0n) is 17.4. The number of carboxylic acid groups (broad SMARTS) is 1. The van der Waals surface area contributed by atoms with Crippen LogP contribution in [0, 0.1) is 0 Å². The Balaban J connectivity index is 1.61. The van der Waals surface area contributed by atoms with Crippen molar-refractivity contribution in [1.29, 1.82) is 0 Å². The summed E-state index contributed by atoms with van der Waals surface area (Å²) >= 11 is 0. The molecule has 1 aliphatic carbocycles. The van der Waals surface area contributed by atoms with E-state index in [1.165, 1.54) is 11.1 Å².